The predicted octanol–water partition coefficient (Wildman–Crippen LogP) is 2.64. The Morgan fingerprint density at radius 1 is 1.00 bits per heavy atom. The molecule has 0 saturated carbocycles. The van der Waals surface area contributed by atoms with Gasteiger partial charge in [-0.2, -0.15) is 8.42 Å². The van der Waals surface area contributed by atoms with E-state index < -0.39 is 16.1 Å². The summed E-state index contributed by atoms with van der Waals surface area (Å²) in [4.78, 5) is 23.5. The number of carbonyl (C=O) groups is 2. The van der Waals surface area contributed by atoms with E-state index in [9.17, 15) is 18.0 Å². The standard InChI is InChI=1S/C17H18N2O5S/c1-12-2-4-13(5-3-12)16(20)10-11-18-17(21)19-14-6-8-15(9-7-14)25(22,23)24/h2-9H,10-11H2,1H3,(H2,18,19,21)(H,22,23,24). The lowest BCUT2D eigenvalue weighted by Crippen LogP contribution is -2.30. The Labute approximate surface area is 145 Å². The summed E-state index contributed by atoms with van der Waals surface area (Å²) in [7, 11) is -4.27. The number of amides is 2. The monoisotopic (exact) mass is 362 g/mol. The Bertz CT molecular complexity index is 859. The maximum atomic E-state index is 12.0. The molecule has 3 N–H and O–H groups in total. The van der Waals surface area contributed by atoms with Gasteiger partial charge in [0.1, 0.15) is 0 Å². The van der Waals surface area contributed by atoms with Gasteiger partial charge < -0.3 is 10.6 Å². The number of hydrogen-bond acceptors (Lipinski definition) is 4. The molecule has 0 aliphatic rings. The van der Waals surface area contributed by atoms with Gasteiger partial charge in [0, 0.05) is 24.2 Å². The first kappa shape index (κ1) is 18.6. The zero-order valence-electron chi connectivity index (χ0n) is 13.5. The van der Waals surface area contributed by atoms with Crippen molar-refractivity contribution < 1.29 is 22.6 Å². The second-order valence-corrected chi connectivity index (χ2v) is 6.84. The summed E-state index contributed by atoms with van der Waals surface area (Å²) in [6.07, 6.45) is 0.165. The van der Waals surface area contributed by atoms with E-state index in [1.54, 1.807) is 12.1 Å². The van der Waals surface area contributed by atoms with Crippen LogP contribution in [0.4, 0.5) is 10.5 Å². The van der Waals surface area contributed by atoms with Crippen LogP contribution in [0.3, 0.4) is 0 Å². The second kappa shape index (κ2) is 7.91. The second-order valence-electron chi connectivity index (χ2n) is 5.42. The smallest absolute Gasteiger partial charge is 0.319 e. The van der Waals surface area contributed by atoms with E-state index >= 15 is 0 Å². The molecule has 25 heavy (non-hydrogen) atoms. The van der Waals surface area contributed by atoms with Gasteiger partial charge in [0.25, 0.3) is 10.1 Å². The van der Waals surface area contributed by atoms with Gasteiger partial charge in [-0.25, -0.2) is 4.79 Å². The minimum atomic E-state index is -4.27. The number of Topliss-reactive ketones (excluding diaryl/α,β-unsaturated/α-hetero) is 1. The largest absolute Gasteiger partial charge is 0.337 e. The highest BCUT2D eigenvalue weighted by molar-refractivity contribution is 7.85. The Hall–Kier alpha value is -2.71. The molecule has 8 heteroatoms. The number of hydrogen-bond donors (Lipinski definition) is 3. The third-order valence-electron chi connectivity index (χ3n) is 3.42. The lowest BCUT2D eigenvalue weighted by atomic mass is 10.1. The summed E-state index contributed by atoms with van der Waals surface area (Å²) in [5, 5.41) is 5.05. The Morgan fingerprint density at radius 3 is 2.16 bits per heavy atom. The quantitative estimate of drug-likeness (QED) is 0.540. The van der Waals surface area contributed by atoms with Crippen molar-refractivity contribution >= 4 is 27.6 Å². The number of aryl methyl sites for hydroxylation is 1. The molecule has 0 aliphatic carbocycles. The van der Waals surface area contributed by atoms with Gasteiger partial charge in [0.05, 0.1) is 4.90 Å². The maximum Gasteiger partial charge on any atom is 0.319 e. The molecule has 7 nitrogen and oxygen atoms in total. The summed E-state index contributed by atoms with van der Waals surface area (Å²) in [5.41, 5.74) is 2.01. The van der Waals surface area contributed by atoms with Crippen LogP contribution in [0.5, 0.6) is 0 Å². The molecule has 0 saturated heterocycles. The number of rotatable bonds is 6. The fourth-order valence-corrected chi connectivity index (χ4v) is 2.54. The molecule has 0 heterocycles. The van der Waals surface area contributed by atoms with Crippen molar-refractivity contribution in [1.29, 1.82) is 0 Å². The normalized spacial score (nSPS) is 11.0. The SMILES string of the molecule is Cc1ccc(C(=O)CCNC(=O)Nc2ccc(S(=O)(=O)O)cc2)cc1. The highest BCUT2D eigenvalue weighted by Gasteiger charge is 2.10. The first-order chi connectivity index (χ1) is 11.8. The maximum absolute atomic E-state index is 12.0. The molecule has 2 aromatic carbocycles. The van der Waals surface area contributed by atoms with Gasteiger partial charge in [0.2, 0.25) is 0 Å². The number of benzene rings is 2. The zero-order valence-corrected chi connectivity index (χ0v) is 14.3. The Balaban J connectivity index is 1.80. The van der Waals surface area contributed by atoms with Crippen LogP contribution >= 0.6 is 0 Å². The Kier molecular flexibility index (Phi) is 5.89. The van der Waals surface area contributed by atoms with Crippen LogP contribution in [0.2, 0.25) is 0 Å². The average Bonchev–Trinajstić information content (AvgIpc) is 2.55. The molecular formula is C17H18N2O5S. The molecule has 0 spiro atoms. The molecule has 0 unspecified atom stereocenters. The lowest BCUT2D eigenvalue weighted by Gasteiger charge is -2.08. The summed E-state index contributed by atoms with van der Waals surface area (Å²) in [5.74, 6) is -0.0715. The topological polar surface area (TPSA) is 113 Å². The number of anilines is 1. The van der Waals surface area contributed by atoms with E-state index in [4.69, 9.17) is 4.55 Å². The highest BCUT2D eigenvalue weighted by Crippen LogP contribution is 2.13. The van der Waals surface area contributed by atoms with Crippen molar-refractivity contribution in [3.63, 3.8) is 0 Å². The number of ketones is 1. The molecular weight excluding hydrogens is 344 g/mol. The molecule has 0 atom stereocenters. The van der Waals surface area contributed by atoms with E-state index in [1.165, 1.54) is 24.3 Å². The Morgan fingerprint density at radius 2 is 1.60 bits per heavy atom. The third-order valence-corrected chi connectivity index (χ3v) is 4.29. The van der Waals surface area contributed by atoms with Crippen LogP contribution in [0.15, 0.2) is 53.4 Å². The van der Waals surface area contributed by atoms with Crippen molar-refractivity contribution in [3.05, 3.63) is 59.7 Å². The molecule has 2 amide bonds. The summed E-state index contributed by atoms with van der Waals surface area (Å²) < 4.78 is 30.7. The van der Waals surface area contributed by atoms with Gasteiger partial charge in [-0.05, 0) is 31.2 Å². The van der Waals surface area contributed by atoms with Crippen LogP contribution in [-0.4, -0.2) is 31.3 Å². The van der Waals surface area contributed by atoms with Crippen LogP contribution in [-0.2, 0) is 10.1 Å². The lowest BCUT2D eigenvalue weighted by molar-refractivity contribution is 0.0983. The fourth-order valence-electron chi connectivity index (χ4n) is 2.06. The van der Waals surface area contributed by atoms with Crippen LogP contribution in [0, 0.1) is 6.92 Å². The van der Waals surface area contributed by atoms with Gasteiger partial charge in [0.15, 0.2) is 5.78 Å². The molecule has 132 valence electrons. The summed E-state index contributed by atoms with van der Waals surface area (Å²) >= 11 is 0. The molecule has 0 radical (unpaired) electrons. The number of nitrogens with one attached hydrogen (secondary N) is 2. The zero-order chi connectivity index (χ0) is 18.4. The molecule has 0 fully saturated rings. The fraction of sp³-hybridized carbons (Fsp3) is 0.176. The van der Waals surface area contributed by atoms with E-state index in [-0.39, 0.29) is 23.6 Å². The van der Waals surface area contributed by atoms with Gasteiger partial charge in [-0.1, -0.05) is 29.8 Å². The van der Waals surface area contributed by atoms with Gasteiger partial charge in [-0.3, -0.25) is 9.35 Å². The predicted molar refractivity (Wildman–Crippen MR) is 93.4 cm³/mol. The van der Waals surface area contributed by atoms with Crippen LogP contribution in [0.1, 0.15) is 22.3 Å². The molecule has 2 aromatic rings. The van der Waals surface area contributed by atoms with Crippen LogP contribution in [0.25, 0.3) is 0 Å². The first-order valence-corrected chi connectivity index (χ1v) is 8.92. The van der Waals surface area contributed by atoms with E-state index in [0.29, 0.717) is 11.3 Å². The molecule has 0 bridgehead atoms. The van der Waals surface area contributed by atoms with Crippen molar-refractivity contribution in [1.82, 2.24) is 5.32 Å². The first-order valence-electron chi connectivity index (χ1n) is 7.48. The van der Waals surface area contributed by atoms with E-state index in [0.717, 1.165) is 5.56 Å². The minimum Gasteiger partial charge on any atom is -0.337 e. The summed E-state index contributed by atoms with van der Waals surface area (Å²) in [6, 6.07) is 11.7. The molecule has 2 rings (SSSR count). The molecule has 0 aromatic heterocycles. The number of urea groups is 1. The van der Waals surface area contributed by atoms with Crippen molar-refractivity contribution in [2.75, 3.05) is 11.9 Å². The minimum absolute atomic E-state index is 0.0715. The highest BCUT2D eigenvalue weighted by atomic mass is 32.2. The molecule has 0 aliphatic heterocycles. The van der Waals surface area contributed by atoms with Gasteiger partial charge in [-0.15, -0.1) is 0 Å². The van der Waals surface area contributed by atoms with Gasteiger partial charge >= 0.3 is 6.03 Å². The van der Waals surface area contributed by atoms with E-state index in [1.807, 2.05) is 19.1 Å². The van der Waals surface area contributed by atoms with Crippen molar-refractivity contribution in [3.8, 4) is 0 Å². The number of carbonyl (C=O) groups excluding carboxylic acids is 2. The van der Waals surface area contributed by atoms with Crippen molar-refractivity contribution in [2.24, 2.45) is 0 Å². The summed E-state index contributed by atoms with van der Waals surface area (Å²) in [6.45, 7) is 2.10. The third kappa shape index (κ3) is 5.70. The van der Waals surface area contributed by atoms with Crippen LogP contribution < -0.4 is 10.6 Å². The van der Waals surface area contributed by atoms with E-state index in [2.05, 4.69) is 10.6 Å². The average molecular weight is 362 g/mol. The van der Waals surface area contributed by atoms with Crippen molar-refractivity contribution in [2.45, 2.75) is 18.2 Å².